The third kappa shape index (κ3) is 2.96. The van der Waals surface area contributed by atoms with Crippen LogP contribution >= 0.6 is 38.9 Å². The number of nitrogens with zero attached hydrogens (tertiary/aromatic N) is 2. The van der Waals surface area contributed by atoms with Crippen LogP contribution in [0, 0.1) is 0 Å². The molecule has 0 bridgehead atoms. The van der Waals surface area contributed by atoms with Crippen molar-refractivity contribution in [1.29, 1.82) is 0 Å². The topological polar surface area (TPSA) is 27.1 Å². The van der Waals surface area contributed by atoms with Crippen LogP contribution in [0.4, 0.5) is 0 Å². The third-order valence-electron chi connectivity index (χ3n) is 3.28. The summed E-state index contributed by atoms with van der Waals surface area (Å²) in [5.41, 5.74) is 1.98. The number of hydrogen-bond donors (Lipinski definition) is 0. The van der Waals surface area contributed by atoms with E-state index in [1.54, 1.807) is 18.4 Å². The van der Waals surface area contributed by atoms with Crippen molar-refractivity contribution in [3.63, 3.8) is 0 Å². The molecule has 0 saturated heterocycles. The van der Waals surface area contributed by atoms with Crippen LogP contribution in [0.25, 0.3) is 11.0 Å². The second kappa shape index (κ2) is 5.99. The van der Waals surface area contributed by atoms with E-state index in [4.69, 9.17) is 16.3 Å². The number of hydrogen-bond acceptors (Lipinski definition) is 3. The molecule has 2 heterocycles. The van der Waals surface area contributed by atoms with Gasteiger partial charge >= 0.3 is 0 Å². The smallest absolute Gasteiger partial charge is 0.128 e. The molecule has 3 aromatic rings. The van der Waals surface area contributed by atoms with E-state index in [1.165, 1.54) is 4.88 Å². The van der Waals surface area contributed by atoms with Crippen LogP contribution in [0.15, 0.2) is 34.1 Å². The minimum atomic E-state index is -0.146. The van der Waals surface area contributed by atoms with Gasteiger partial charge in [0.1, 0.15) is 11.6 Å². The van der Waals surface area contributed by atoms with Crippen LogP contribution < -0.4 is 4.74 Å². The van der Waals surface area contributed by atoms with Gasteiger partial charge in [-0.2, -0.15) is 0 Å². The fourth-order valence-corrected chi connectivity index (χ4v) is 3.92. The molecule has 0 spiro atoms. The fraction of sp³-hybridized carbons (Fsp3) is 0.267. The van der Waals surface area contributed by atoms with E-state index in [0.717, 1.165) is 33.6 Å². The van der Waals surface area contributed by atoms with Gasteiger partial charge < -0.3 is 9.30 Å². The molecule has 1 aromatic carbocycles. The summed E-state index contributed by atoms with van der Waals surface area (Å²) in [6.45, 7) is 2.71. The Labute approximate surface area is 140 Å². The van der Waals surface area contributed by atoms with Gasteiger partial charge in [-0.3, -0.25) is 0 Å². The van der Waals surface area contributed by atoms with Crippen LogP contribution in [-0.2, 0) is 6.54 Å². The van der Waals surface area contributed by atoms with Crippen LogP contribution in [-0.4, -0.2) is 16.7 Å². The molecule has 0 saturated carbocycles. The Bertz CT molecular complexity index is 781. The molecule has 0 aliphatic rings. The monoisotopic (exact) mass is 384 g/mol. The Morgan fingerprint density at radius 2 is 2.24 bits per heavy atom. The highest BCUT2D eigenvalue weighted by molar-refractivity contribution is 9.10. The lowest BCUT2D eigenvalue weighted by Gasteiger charge is -2.09. The Balaban J connectivity index is 2.11. The van der Waals surface area contributed by atoms with Gasteiger partial charge in [0, 0.05) is 20.8 Å². The number of imidazole rings is 1. The maximum atomic E-state index is 6.30. The summed E-state index contributed by atoms with van der Waals surface area (Å²) in [6.07, 6.45) is 0. The standard InChI is InChI=1S/C15H14BrClN2OS/c1-9(17)15-18-13-6-11(20-2)3-4-14(13)19(15)7-12-5-10(16)8-21-12/h3-6,8-9H,7H2,1-2H3. The molecular weight excluding hydrogens is 372 g/mol. The van der Waals surface area contributed by atoms with Crippen molar-refractivity contribution in [3.8, 4) is 5.75 Å². The molecule has 1 atom stereocenters. The Kier molecular flexibility index (Phi) is 4.24. The summed E-state index contributed by atoms with van der Waals surface area (Å²) in [5.74, 6) is 1.68. The van der Waals surface area contributed by atoms with Crippen LogP contribution in [0.2, 0.25) is 0 Å². The van der Waals surface area contributed by atoms with Crippen molar-refractivity contribution in [2.24, 2.45) is 0 Å². The first-order valence-corrected chi connectivity index (χ1v) is 8.60. The zero-order valence-corrected chi connectivity index (χ0v) is 14.8. The number of alkyl halides is 1. The molecule has 3 nitrogen and oxygen atoms in total. The number of thiophene rings is 1. The van der Waals surface area contributed by atoms with Crippen molar-refractivity contribution in [1.82, 2.24) is 9.55 Å². The van der Waals surface area contributed by atoms with Gasteiger partial charge in [-0.25, -0.2) is 4.98 Å². The summed E-state index contributed by atoms with van der Waals surface area (Å²) in [5, 5.41) is 1.94. The fourth-order valence-electron chi connectivity index (χ4n) is 2.32. The molecule has 6 heteroatoms. The first kappa shape index (κ1) is 14.9. The van der Waals surface area contributed by atoms with Crippen molar-refractivity contribution in [3.05, 3.63) is 44.8 Å². The molecule has 0 amide bonds. The summed E-state index contributed by atoms with van der Waals surface area (Å²) in [7, 11) is 1.66. The van der Waals surface area contributed by atoms with Gasteiger partial charge in [-0.15, -0.1) is 22.9 Å². The maximum absolute atomic E-state index is 6.30. The average molecular weight is 386 g/mol. The lowest BCUT2D eigenvalue weighted by Crippen LogP contribution is -2.04. The summed E-state index contributed by atoms with van der Waals surface area (Å²) in [4.78, 5) is 5.93. The second-order valence-electron chi connectivity index (χ2n) is 4.76. The molecule has 110 valence electrons. The van der Waals surface area contributed by atoms with Gasteiger partial charge in [-0.05, 0) is 41.1 Å². The number of rotatable bonds is 4. The molecule has 21 heavy (non-hydrogen) atoms. The predicted octanol–water partition coefficient (Wildman–Crippen LogP) is 5.22. The van der Waals surface area contributed by atoms with Crippen LogP contribution in [0.5, 0.6) is 5.75 Å². The van der Waals surface area contributed by atoms with E-state index in [2.05, 4.69) is 36.9 Å². The van der Waals surface area contributed by atoms with Crippen molar-refractivity contribution in [2.75, 3.05) is 7.11 Å². The quantitative estimate of drug-likeness (QED) is 0.576. The van der Waals surface area contributed by atoms with E-state index in [-0.39, 0.29) is 5.38 Å². The number of benzene rings is 1. The normalized spacial score (nSPS) is 12.8. The van der Waals surface area contributed by atoms with E-state index in [0.29, 0.717) is 0 Å². The van der Waals surface area contributed by atoms with Gasteiger partial charge in [0.2, 0.25) is 0 Å². The summed E-state index contributed by atoms with van der Waals surface area (Å²) < 4.78 is 8.54. The lowest BCUT2D eigenvalue weighted by molar-refractivity contribution is 0.415. The number of aromatic nitrogens is 2. The van der Waals surface area contributed by atoms with Gasteiger partial charge in [0.05, 0.1) is 30.1 Å². The predicted molar refractivity (Wildman–Crippen MR) is 91.7 cm³/mol. The minimum absolute atomic E-state index is 0.146. The van der Waals surface area contributed by atoms with Gasteiger partial charge in [0.15, 0.2) is 0 Å². The average Bonchev–Trinajstić information content (AvgIpc) is 3.03. The molecule has 1 unspecified atom stereocenters. The largest absolute Gasteiger partial charge is 0.497 e. The molecule has 0 aliphatic heterocycles. The van der Waals surface area contributed by atoms with Crippen LogP contribution in [0.3, 0.4) is 0 Å². The van der Waals surface area contributed by atoms with Gasteiger partial charge in [-0.1, -0.05) is 0 Å². The molecule has 0 radical (unpaired) electrons. The highest BCUT2D eigenvalue weighted by atomic mass is 79.9. The second-order valence-corrected chi connectivity index (χ2v) is 7.32. The van der Waals surface area contributed by atoms with Crippen molar-refractivity contribution < 1.29 is 4.74 Å². The summed E-state index contributed by atoms with van der Waals surface area (Å²) in [6, 6.07) is 8.06. The van der Waals surface area contributed by atoms with Crippen molar-refractivity contribution >= 4 is 49.9 Å². The zero-order chi connectivity index (χ0) is 15.0. The molecule has 0 aliphatic carbocycles. The van der Waals surface area contributed by atoms with E-state index in [1.807, 2.05) is 25.1 Å². The van der Waals surface area contributed by atoms with E-state index >= 15 is 0 Å². The highest BCUT2D eigenvalue weighted by Crippen LogP contribution is 2.29. The molecule has 0 N–H and O–H groups in total. The molecular formula is C15H14BrClN2OS. The summed E-state index contributed by atoms with van der Waals surface area (Å²) >= 11 is 11.5. The highest BCUT2D eigenvalue weighted by Gasteiger charge is 2.16. The Hall–Kier alpha value is -1.04. The molecule has 2 aromatic heterocycles. The molecule has 3 rings (SSSR count). The Morgan fingerprint density at radius 1 is 1.43 bits per heavy atom. The zero-order valence-electron chi connectivity index (χ0n) is 11.6. The van der Waals surface area contributed by atoms with Gasteiger partial charge in [0.25, 0.3) is 0 Å². The van der Waals surface area contributed by atoms with E-state index in [9.17, 15) is 0 Å². The number of ether oxygens (including phenoxy) is 1. The first-order chi connectivity index (χ1) is 10.1. The van der Waals surface area contributed by atoms with Crippen molar-refractivity contribution in [2.45, 2.75) is 18.8 Å². The minimum Gasteiger partial charge on any atom is -0.497 e. The Morgan fingerprint density at radius 3 is 2.86 bits per heavy atom. The maximum Gasteiger partial charge on any atom is 0.128 e. The first-order valence-electron chi connectivity index (χ1n) is 6.49. The third-order valence-corrected chi connectivity index (χ3v) is 5.15. The lowest BCUT2D eigenvalue weighted by atomic mass is 10.3. The van der Waals surface area contributed by atoms with E-state index < -0.39 is 0 Å². The number of fused-ring (bicyclic) bond motifs is 1. The number of methoxy groups -OCH3 is 1. The SMILES string of the molecule is COc1ccc2c(c1)nc(C(C)Cl)n2Cc1cc(Br)cs1. The number of halogens is 2. The molecule has 0 fully saturated rings. The van der Waals surface area contributed by atoms with Crippen LogP contribution in [0.1, 0.15) is 23.0 Å².